The molecule has 0 fully saturated rings. The van der Waals surface area contributed by atoms with Gasteiger partial charge < -0.3 is 4.42 Å². The first-order valence-corrected chi connectivity index (χ1v) is 6.60. The molecule has 0 radical (unpaired) electrons. The summed E-state index contributed by atoms with van der Waals surface area (Å²) in [4.78, 5) is 14.6. The molecule has 1 heterocycles. The molecule has 0 N–H and O–H groups in total. The molecule has 0 unspecified atom stereocenters. The predicted molar refractivity (Wildman–Crippen MR) is 60.4 cm³/mol. The number of rotatable bonds is 3. The average molecular weight is 251 g/mol. The second-order valence-electron chi connectivity index (χ2n) is 3.48. The highest BCUT2D eigenvalue weighted by Crippen LogP contribution is 2.23. The van der Waals surface area contributed by atoms with Gasteiger partial charge in [-0.3, -0.25) is 4.79 Å². The Hall–Kier alpha value is -1.95. The summed E-state index contributed by atoms with van der Waals surface area (Å²) >= 11 is 0. The second kappa shape index (κ2) is 4.14. The van der Waals surface area contributed by atoms with Crippen molar-refractivity contribution < 1.29 is 17.6 Å². The number of carbonyl (C=O) groups is 1. The molecule has 0 saturated heterocycles. The number of hydrogen-bond acceptors (Lipinski definition) is 5. The number of sulfone groups is 1. The van der Waals surface area contributed by atoms with Gasteiger partial charge in [0.1, 0.15) is 5.69 Å². The van der Waals surface area contributed by atoms with E-state index in [0.29, 0.717) is 17.6 Å². The van der Waals surface area contributed by atoms with Crippen molar-refractivity contribution in [3.05, 3.63) is 36.4 Å². The van der Waals surface area contributed by atoms with Gasteiger partial charge in [0.05, 0.1) is 4.90 Å². The SMILES string of the molecule is CS(=O)(=O)c1ccc(-c2ocnc2C=O)cc1. The van der Waals surface area contributed by atoms with Crippen LogP contribution in [0.3, 0.4) is 0 Å². The molecule has 0 aliphatic heterocycles. The maximum Gasteiger partial charge on any atom is 0.182 e. The molecule has 1 aromatic heterocycles. The monoisotopic (exact) mass is 251 g/mol. The van der Waals surface area contributed by atoms with Crippen LogP contribution < -0.4 is 0 Å². The number of hydrogen-bond donors (Lipinski definition) is 0. The van der Waals surface area contributed by atoms with Crippen molar-refractivity contribution in [3.8, 4) is 11.3 Å². The molecule has 0 saturated carbocycles. The van der Waals surface area contributed by atoms with E-state index in [1.54, 1.807) is 12.1 Å². The first-order valence-electron chi connectivity index (χ1n) is 4.71. The van der Waals surface area contributed by atoms with Crippen molar-refractivity contribution in [2.75, 3.05) is 6.26 Å². The molecule has 88 valence electrons. The van der Waals surface area contributed by atoms with Gasteiger partial charge in [-0.15, -0.1) is 0 Å². The topological polar surface area (TPSA) is 77.2 Å². The average Bonchev–Trinajstić information content (AvgIpc) is 2.76. The van der Waals surface area contributed by atoms with E-state index in [4.69, 9.17) is 4.42 Å². The van der Waals surface area contributed by atoms with Crippen LogP contribution in [0.1, 0.15) is 10.5 Å². The third-order valence-corrected chi connectivity index (χ3v) is 3.38. The number of nitrogens with zero attached hydrogens (tertiary/aromatic N) is 1. The van der Waals surface area contributed by atoms with E-state index in [1.165, 1.54) is 18.5 Å². The Kier molecular flexibility index (Phi) is 2.81. The van der Waals surface area contributed by atoms with Gasteiger partial charge in [0, 0.05) is 11.8 Å². The van der Waals surface area contributed by atoms with E-state index in [2.05, 4.69) is 4.98 Å². The van der Waals surface area contributed by atoms with E-state index in [1.807, 2.05) is 0 Å². The fraction of sp³-hybridized carbons (Fsp3) is 0.0909. The normalized spacial score (nSPS) is 11.4. The van der Waals surface area contributed by atoms with Crippen LogP contribution in [0.15, 0.2) is 40.0 Å². The molecule has 2 rings (SSSR count). The Morgan fingerprint density at radius 1 is 1.24 bits per heavy atom. The smallest absolute Gasteiger partial charge is 0.182 e. The number of aldehydes is 1. The lowest BCUT2D eigenvalue weighted by Crippen LogP contribution is -1.96. The van der Waals surface area contributed by atoms with Gasteiger partial charge in [0.15, 0.2) is 28.3 Å². The van der Waals surface area contributed by atoms with Gasteiger partial charge in [-0.2, -0.15) is 0 Å². The highest BCUT2D eigenvalue weighted by atomic mass is 32.2. The van der Waals surface area contributed by atoms with Crippen LogP contribution in [-0.4, -0.2) is 25.9 Å². The molecule has 0 aliphatic carbocycles. The fourth-order valence-electron chi connectivity index (χ4n) is 1.41. The van der Waals surface area contributed by atoms with E-state index >= 15 is 0 Å². The Morgan fingerprint density at radius 2 is 1.88 bits per heavy atom. The van der Waals surface area contributed by atoms with Crippen LogP contribution in [0.2, 0.25) is 0 Å². The van der Waals surface area contributed by atoms with Crippen molar-refractivity contribution in [3.63, 3.8) is 0 Å². The van der Waals surface area contributed by atoms with Gasteiger partial charge in [0.2, 0.25) is 0 Å². The number of aromatic nitrogens is 1. The lowest BCUT2D eigenvalue weighted by Gasteiger charge is -2.00. The number of benzene rings is 1. The lowest BCUT2D eigenvalue weighted by atomic mass is 10.1. The quantitative estimate of drug-likeness (QED) is 0.773. The summed E-state index contributed by atoms with van der Waals surface area (Å²) in [6.45, 7) is 0. The van der Waals surface area contributed by atoms with Crippen LogP contribution in [-0.2, 0) is 9.84 Å². The Labute approximate surface area is 98.0 Å². The summed E-state index contributed by atoms with van der Waals surface area (Å²) in [5.41, 5.74) is 0.800. The van der Waals surface area contributed by atoms with Gasteiger partial charge in [-0.1, -0.05) is 0 Å². The second-order valence-corrected chi connectivity index (χ2v) is 5.50. The minimum atomic E-state index is -3.22. The van der Waals surface area contributed by atoms with Crippen molar-refractivity contribution in [2.24, 2.45) is 0 Å². The van der Waals surface area contributed by atoms with Crippen molar-refractivity contribution >= 4 is 16.1 Å². The molecule has 0 bridgehead atoms. The van der Waals surface area contributed by atoms with E-state index in [0.717, 1.165) is 6.26 Å². The van der Waals surface area contributed by atoms with Crippen LogP contribution in [0.5, 0.6) is 0 Å². The van der Waals surface area contributed by atoms with E-state index in [9.17, 15) is 13.2 Å². The van der Waals surface area contributed by atoms with Gasteiger partial charge in [-0.25, -0.2) is 13.4 Å². The zero-order valence-electron chi connectivity index (χ0n) is 8.95. The molecular weight excluding hydrogens is 242 g/mol. The summed E-state index contributed by atoms with van der Waals surface area (Å²) in [7, 11) is -3.22. The molecule has 0 spiro atoms. The molecule has 6 heteroatoms. The third kappa shape index (κ3) is 2.26. The zero-order valence-corrected chi connectivity index (χ0v) is 9.77. The van der Waals surface area contributed by atoms with Gasteiger partial charge in [-0.05, 0) is 24.3 Å². The highest BCUT2D eigenvalue weighted by molar-refractivity contribution is 7.90. The standard InChI is InChI=1S/C11H9NO4S/c1-17(14,15)9-4-2-8(3-5-9)11-10(6-13)12-7-16-11/h2-7H,1H3. The Bertz CT molecular complexity index is 640. The molecule has 1 aromatic carbocycles. The minimum absolute atomic E-state index is 0.192. The van der Waals surface area contributed by atoms with E-state index < -0.39 is 9.84 Å². The van der Waals surface area contributed by atoms with Crippen LogP contribution in [0.25, 0.3) is 11.3 Å². The molecular formula is C11H9NO4S. The summed E-state index contributed by atoms with van der Waals surface area (Å²) in [6, 6.07) is 6.07. The van der Waals surface area contributed by atoms with Crippen molar-refractivity contribution in [1.29, 1.82) is 0 Å². The molecule has 0 aliphatic rings. The van der Waals surface area contributed by atoms with Crippen LogP contribution in [0.4, 0.5) is 0 Å². The predicted octanol–water partition coefficient (Wildman–Crippen LogP) is 1.56. The van der Waals surface area contributed by atoms with Crippen LogP contribution >= 0.6 is 0 Å². The molecule has 17 heavy (non-hydrogen) atoms. The first kappa shape index (κ1) is 11.5. The van der Waals surface area contributed by atoms with Crippen molar-refractivity contribution in [2.45, 2.75) is 4.90 Å². The summed E-state index contributed by atoms with van der Waals surface area (Å²) in [6.07, 6.45) is 2.89. The molecule has 0 atom stereocenters. The maximum absolute atomic E-state index is 11.3. The summed E-state index contributed by atoms with van der Waals surface area (Å²) in [5, 5.41) is 0. The van der Waals surface area contributed by atoms with Gasteiger partial charge >= 0.3 is 0 Å². The molecule has 5 nitrogen and oxygen atoms in total. The van der Waals surface area contributed by atoms with Crippen molar-refractivity contribution in [1.82, 2.24) is 4.98 Å². The minimum Gasteiger partial charge on any atom is -0.443 e. The Morgan fingerprint density at radius 3 is 2.41 bits per heavy atom. The lowest BCUT2D eigenvalue weighted by molar-refractivity contribution is 0.112. The number of carbonyl (C=O) groups excluding carboxylic acids is 1. The molecule has 0 amide bonds. The zero-order chi connectivity index (χ0) is 12.5. The number of oxazole rings is 1. The summed E-state index contributed by atoms with van der Waals surface area (Å²) in [5.74, 6) is 0.333. The summed E-state index contributed by atoms with van der Waals surface area (Å²) < 4.78 is 27.6. The fourth-order valence-corrected chi connectivity index (χ4v) is 2.04. The van der Waals surface area contributed by atoms with Gasteiger partial charge in [0.25, 0.3) is 0 Å². The largest absolute Gasteiger partial charge is 0.443 e. The highest BCUT2D eigenvalue weighted by Gasteiger charge is 2.11. The van der Waals surface area contributed by atoms with E-state index in [-0.39, 0.29) is 10.6 Å². The first-order chi connectivity index (χ1) is 8.02. The molecule has 2 aromatic rings. The maximum atomic E-state index is 11.3. The third-order valence-electron chi connectivity index (χ3n) is 2.25. The Balaban J connectivity index is 2.46. The van der Waals surface area contributed by atoms with Crippen LogP contribution in [0, 0.1) is 0 Å².